The fourth-order valence-corrected chi connectivity index (χ4v) is 2.27. The van der Waals surface area contributed by atoms with Crippen LogP contribution in [-0.2, 0) is 4.74 Å². The van der Waals surface area contributed by atoms with Crippen LogP contribution < -0.4 is 5.32 Å². The quantitative estimate of drug-likeness (QED) is 0.710. The predicted molar refractivity (Wildman–Crippen MR) is 60.5 cm³/mol. The van der Waals surface area contributed by atoms with Crippen LogP contribution in [-0.4, -0.2) is 25.3 Å². The highest BCUT2D eigenvalue weighted by atomic mass is 16.5. The highest BCUT2D eigenvalue weighted by Gasteiger charge is 2.39. The van der Waals surface area contributed by atoms with Gasteiger partial charge < -0.3 is 10.1 Å². The number of nitrogens with one attached hydrogen (secondary N) is 1. The lowest BCUT2D eigenvalue weighted by molar-refractivity contribution is -0.0860. The fourth-order valence-electron chi connectivity index (χ4n) is 2.27. The Morgan fingerprint density at radius 2 is 2.00 bits per heavy atom. The zero-order valence-electron chi connectivity index (χ0n) is 10.1. The van der Waals surface area contributed by atoms with Gasteiger partial charge in [-0.05, 0) is 38.1 Å². The van der Waals surface area contributed by atoms with Gasteiger partial charge in [-0.15, -0.1) is 0 Å². The summed E-state index contributed by atoms with van der Waals surface area (Å²) in [5.41, 5.74) is 0.205. The first kappa shape index (κ1) is 12.0. The minimum absolute atomic E-state index is 0.205. The molecular formula is C12H25NO. The van der Waals surface area contributed by atoms with Crippen molar-refractivity contribution in [3.8, 4) is 0 Å². The third-order valence-electron chi connectivity index (χ3n) is 3.56. The second kappa shape index (κ2) is 5.13. The van der Waals surface area contributed by atoms with Crippen molar-refractivity contribution >= 4 is 0 Å². The van der Waals surface area contributed by atoms with Gasteiger partial charge in [-0.1, -0.05) is 20.8 Å². The number of ether oxygens (including phenoxy) is 1. The number of rotatable bonds is 6. The lowest BCUT2D eigenvalue weighted by Gasteiger charge is -2.43. The molecule has 0 aromatic carbocycles. The van der Waals surface area contributed by atoms with Crippen molar-refractivity contribution in [3.63, 3.8) is 0 Å². The zero-order chi connectivity index (χ0) is 10.6. The van der Waals surface area contributed by atoms with Crippen molar-refractivity contribution in [2.75, 3.05) is 13.7 Å². The Hall–Kier alpha value is -0.0800. The van der Waals surface area contributed by atoms with E-state index >= 15 is 0 Å². The molecule has 0 radical (unpaired) electrons. The molecule has 0 heterocycles. The van der Waals surface area contributed by atoms with Crippen LogP contribution >= 0.6 is 0 Å². The van der Waals surface area contributed by atoms with E-state index in [1.54, 1.807) is 0 Å². The summed E-state index contributed by atoms with van der Waals surface area (Å²) in [7, 11) is 1.86. The van der Waals surface area contributed by atoms with E-state index in [-0.39, 0.29) is 5.60 Å². The van der Waals surface area contributed by atoms with Crippen LogP contribution in [0.2, 0.25) is 0 Å². The number of methoxy groups -OCH3 is 1. The van der Waals surface area contributed by atoms with Crippen molar-refractivity contribution in [1.29, 1.82) is 0 Å². The van der Waals surface area contributed by atoms with Crippen LogP contribution in [0.15, 0.2) is 0 Å². The van der Waals surface area contributed by atoms with E-state index in [2.05, 4.69) is 26.1 Å². The molecule has 1 fully saturated rings. The molecule has 14 heavy (non-hydrogen) atoms. The van der Waals surface area contributed by atoms with Gasteiger partial charge in [-0.3, -0.25) is 0 Å². The summed E-state index contributed by atoms with van der Waals surface area (Å²) in [4.78, 5) is 0. The SMILES string of the molecule is CCNC(CC1(OC)CCC1)C(C)C. The Kier molecular flexibility index (Phi) is 4.39. The Balaban J connectivity index is 2.44. The maximum atomic E-state index is 5.66. The van der Waals surface area contributed by atoms with Crippen molar-refractivity contribution in [2.45, 2.75) is 58.1 Å². The first-order valence-electron chi connectivity index (χ1n) is 5.92. The maximum absolute atomic E-state index is 5.66. The Morgan fingerprint density at radius 3 is 2.29 bits per heavy atom. The lowest BCUT2D eigenvalue weighted by Crippen LogP contribution is -2.47. The van der Waals surface area contributed by atoms with E-state index in [1.807, 2.05) is 7.11 Å². The van der Waals surface area contributed by atoms with Gasteiger partial charge in [0.2, 0.25) is 0 Å². The molecule has 0 spiro atoms. The summed E-state index contributed by atoms with van der Waals surface area (Å²) in [5.74, 6) is 0.697. The highest BCUT2D eigenvalue weighted by Crippen LogP contribution is 2.39. The van der Waals surface area contributed by atoms with Gasteiger partial charge in [0.1, 0.15) is 0 Å². The average Bonchev–Trinajstić information content (AvgIpc) is 2.09. The molecule has 1 saturated carbocycles. The Bertz CT molecular complexity index is 158. The average molecular weight is 199 g/mol. The van der Waals surface area contributed by atoms with Gasteiger partial charge in [0, 0.05) is 13.2 Å². The number of hydrogen-bond donors (Lipinski definition) is 1. The molecule has 0 amide bonds. The van der Waals surface area contributed by atoms with E-state index in [0.29, 0.717) is 12.0 Å². The van der Waals surface area contributed by atoms with E-state index < -0.39 is 0 Å². The molecule has 0 bridgehead atoms. The van der Waals surface area contributed by atoms with Crippen LogP contribution in [0.5, 0.6) is 0 Å². The highest BCUT2D eigenvalue weighted by molar-refractivity contribution is 4.93. The van der Waals surface area contributed by atoms with Crippen LogP contribution in [0, 0.1) is 5.92 Å². The normalized spacial score (nSPS) is 22.1. The summed E-state index contributed by atoms with van der Waals surface area (Å²) >= 11 is 0. The van der Waals surface area contributed by atoms with Crippen molar-refractivity contribution in [1.82, 2.24) is 5.32 Å². The molecule has 0 aromatic rings. The predicted octanol–water partition coefficient (Wildman–Crippen LogP) is 2.58. The molecule has 1 atom stereocenters. The van der Waals surface area contributed by atoms with Crippen LogP contribution in [0.1, 0.15) is 46.5 Å². The van der Waals surface area contributed by atoms with E-state index in [4.69, 9.17) is 4.74 Å². The number of hydrogen-bond acceptors (Lipinski definition) is 2. The first-order chi connectivity index (χ1) is 6.63. The van der Waals surface area contributed by atoms with Gasteiger partial charge in [0.25, 0.3) is 0 Å². The maximum Gasteiger partial charge on any atom is 0.0693 e. The molecule has 2 nitrogen and oxygen atoms in total. The van der Waals surface area contributed by atoms with Gasteiger partial charge in [0.15, 0.2) is 0 Å². The van der Waals surface area contributed by atoms with Crippen LogP contribution in [0.25, 0.3) is 0 Å². The monoisotopic (exact) mass is 199 g/mol. The van der Waals surface area contributed by atoms with Crippen molar-refractivity contribution in [3.05, 3.63) is 0 Å². The smallest absolute Gasteiger partial charge is 0.0693 e. The fraction of sp³-hybridized carbons (Fsp3) is 1.00. The van der Waals surface area contributed by atoms with Crippen molar-refractivity contribution in [2.24, 2.45) is 5.92 Å². The molecule has 0 saturated heterocycles. The third-order valence-corrected chi connectivity index (χ3v) is 3.56. The molecule has 1 aliphatic carbocycles. The minimum Gasteiger partial charge on any atom is -0.378 e. The van der Waals surface area contributed by atoms with Crippen LogP contribution in [0.3, 0.4) is 0 Å². The van der Waals surface area contributed by atoms with Crippen LogP contribution in [0.4, 0.5) is 0 Å². The molecule has 0 aromatic heterocycles. The van der Waals surface area contributed by atoms with Gasteiger partial charge in [0.05, 0.1) is 5.60 Å². The molecule has 84 valence electrons. The summed E-state index contributed by atoms with van der Waals surface area (Å²) in [6.07, 6.45) is 5.01. The summed E-state index contributed by atoms with van der Waals surface area (Å²) in [6.45, 7) is 7.81. The second-order valence-electron chi connectivity index (χ2n) is 4.85. The largest absolute Gasteiger partial charge is 0.378 e. The molecule has 0 aliphatic heterocycles. The lowest BCUT2D eigenvalue weighted by atomic mass is 9.74. The Morgan fingerprint density at radius 1 is 1.36 bits per heavy atom. The van der Waals surface area contributed by atoms with Gasteiger partial charge in [-0.25, -0.2) is 0 Å². The molecular weight excluding hydrogens is 174 g/mol. The van der Waals surface area contributed by atoms with Gasteiger partial charge in [-0.2, -0.15) is 0 Å². The first-order valence-corrected chi connectivity index (χ1v) is 5.92. The molecule has 2 heteroatoms. The molecule has 1 N–H and O–H groups in total. The minimum atomic E-state index is 0.205. The zero-order valence-corrected chi connectivity index (χ0v) is 10.1. The Labute approximate surface area is 88.4 Å². The van der Waals surface area contributed by atoms with Gasteiger partial charge >= 0.3 is 0 Å². The summed E-state index contributed by atoms with van der Waals surface area (Å²) < 4.78 is 5.66. The second-order valence-corrected chi connectivity index (χ2v) is 4.85. The summed E-state index contributed by atoms with van der Waals surface area (Å²) in [6, 6.07) is 0.611. The van der Waals surface area contributed by atoms with E-state index in [1.165, 1.54) is 25.7 Å². The third kappa shape index (κ3) is 2.71. The van der Waals surface area contributed by atoms with Crippen molar-refractivity contribution < 1.29 is 4.74 Å². The van der Waals surface area contributed by atoms with E-state index in [0.717, 1.165) is 6.54 Å². The topological polar surface area (TPSA) is 21.3 Å². The molecule has 1 rings (SSSR count). The van der Waals surface area contributed by atoms with E-state index in [9.17, 15) is 0 Å². The molecule has 1 aliphatic rings. The molecule has 1 unspecified atom stereocenters. The summed E-state index contributed by atoms with van der Waals surface area (Å²) in [5, 5.41) is 3.56. The standard InChI is InChI=1S/C12H25NO/c1-5-13-11(10(2)3)9-12(14-4)7-6-8-12/h10-11,13H,5-9H2,1-4H3.